The highest BCUT2D eigenvalue weighted by molar-refractivity contribution is 7.80. The Morgan fingerprint density at radius 1 is 0.846 bits per heavy atom. The van der Waals surface area contributed by atoms with E-state index >= 15 is 0 Å². The molecular weight excluding hydrogens is 494 g/mol. The van der Waals surface area contributed by atoms with Crippen molar-refractivity contribution in [2.24, 2.45) is 10.7 Å². The van der Waals surface area contributed by atoms with Gasteiger partial charge in [0.15, 0.2) is 0 Å². The number of aliphatic imine (C=N–C) groups is 1. The van der Waals surface area contributed by atoms with E-state index in [1.54, 1.807) is 0 Å². The third-order valence-electron chi connectivity index (χ3n) is 6.36. The van der Waals surface area contributed by atoms with Crippen molar-refractivity contribution in [1.82, 2.24) is 5.32 Å². The van der Waals surface area contributed by atoms with E-state index in [0.29, 0.717) is 6.54 Å². The van der Waals surface area contributed by atoms with Gasteiger partial charge in [-0.15, -0.1) is 12.6 Å². The Balaban J connectivity index is 0.00000172. The fourth-order valence-electron chi connectivity index (χ4n) is 4.50. The van der Waals surface area contributed by atoms with Crippen LogP contribution in [0.5, 0.6) is 0 Å². The zero-order valence-electron chi connectivity index (χ0n) is 22.5. The molecule has 4 aromatic carbocycles. The number of benzene rings is 4. The molecule has 1 aliphatic heterocycles. The van der Waals surface area contributed by atoms with E-state index in [1.165, 1.54) is 11.1 Å². The van der Waals surface area contributed by atoms with Gasteiger partial charge in [0.25, 0.3) is 0 Å². The molecule has 196 valence electrons. The average Bonchev–Trinajstić information content (AvgIpc) is 3.01. The molecule has 1 heterocycles. The molecule has 4 heteroatoms. The van der Waals surface area contributed by atoms with E-state index in [9.17, 15) is 0 Å². The minimum absolute atomic E-state index is 0.213. The predicted octanol–water partition coefficient (Wildman–Crippen LogP) is 8.33. The highest BCUT2D eigenvalue weighted by atomic mass is 32.1. The van der Waals surface area contributed by atoms with Crippen molar-refractivity contribution in [3.05, 3.63) is 150 Å². The zero-order chi connectivity index (χ0) is 27.6. The third kappa shape index (κ3) is 6.85. The average molecular weight is 530 g/mol. The number of rotatable bonds is 7. The largest absolute Gasteiger partial charge is 0.360 e. The van der Waals surface area contributed by atoms with Crippen LogP contribution in [0.1, 0.15) is 42.3 Å². The molecule has 1 unspecified atom stereocenters. The summed E-state index contributed by atoms with van der Waals surface area (Å²) in [6, 6.07) is 35.6. The van der Waals surface area contributed by atoms with Crippen LogP contribution in [-0.4, -0.2) is 12.3 Å². The van der Waals surface area contributed by atoms with Crippen LogP contribution in [0, 0.1) is 0 Å². The fraction of sp³-hybridized carbons (Fsp3) is 0.114. The van der Waals surface area contributed by atoms with Crippen molar-refractivity contribution in [3.8, 4) is 11.1 Å². The Hall–Kier alpha value is -4.12. The monoisotopic (exact) mass is 529 g/mol. The first-order chi connectivity index (χ1) is 19.1. The first-order valence-corrected chi connectivity index (χ1v) is 13.7. The lowest BCUT2D eigenvalue weighted by molar-refractivity contribution is 0.664. The number of thiol groups is 1. The molecule has 39 heavy (non-hydrogen) atoms. The quantitative estimate of drug-likeness (QED) is 0.166. The van der Waals surface area contributed by atoms with Crippen molar-refractivity contribution in [2.45, 2.75) is 24.9 Å². The molecule has 0 aromatic heterocycles. The Kier molecular flexibility index (Phi) is 9.74. The van der Waals surface area contributed by atoms with Crippen LogP contribution in [-0.2, 0) is 0 Å². The van der Waals surface area contributed by atoms with E-state index < -0.39 is 0 Å². The summed E-state index contributed by atoms with van der Waals surface area (Å²) in [5.41, 5.74) is 15.3. The zero-order valence-corrected chi connectivity index (χ0v) is 23.4. The van der Waals surface area contributed by atoms with Gasteiger partial charge >= 0.3 is 0 Å². The van der Waals surface area contributed by atoms with E-state index in [4.69, 9.17) is 23.4 Å². The first kappa shape index (κ1) is 27.9. The van der Waals surface area contributed by atoms with Gasteiger partial charge in [0, 0.05) is 22.7 Å². The second-order valence-electron chi connectivity index (χ2n) is 8.84. The van der Waals surface area contributed by atoms with Crippen LogP contribution in [0.2, 0.25) is 0 Å². The Morgan fingerprint density at radius 3 is 2.10 bits per heavy atom. The molecule has 4 aromatic rings. The molecule has 1 atom stereocenters. The van der Waals surface area contributed by atoms with Crippen LogP contribution >= 0.6 is 12.6 Å². The summed E-state index contributed by atoms with van der Waals surface area (Å²) in [6.45, 7) is 8.40. The standard InChI is InChI=1S/C33H29N3S.C2H6/c1-2-23(17-18-34)28-19-29(21-30(37)20-28)32-22-31(35-33(36-32)27-11-7-4-8-12-27)26-15-13-25(14-16-26)24-9-5-3-6-10-24;1-2/h2-17,19-22,33,35,37H,1,18,34H2;1-2H3/b23-17+;. The van der Waals surface area contributed by atoms with Crippen molar-refractivity contribution < 1.29 is 0 Å². The van der Waals surface area contributed by atoms with Gasteiger partial charge in [-0.1, -0.05) is 118 Å². The van der Waals surface area contributed by atoms with Crippen LogP contribution < -0.4 is 11.1 Å². The lowest BCUT2D eigenvalue weighted by Crippen LogP contribution is -2.24. The van der Waals surface area contributed by atoms with Gasteiger partial charge in [-0.3, -0.25) is 4.99 Å². The fourth-order valence-corrected chi connectivity index (χ4v) is 4.77. The molecule has 0 aliphatic carbocycles. The summed E-state index contributed by atoms with van der Waals surface area (Å²) in [4.78, 5) is 5.96. The molecule has 0 saturated heterocycles. The topological polar surface area (TPSA) is 50.4 Å². The van der Waals surface area contributed by atoms with Crippen LogP contribution in [0.4, 0.5) is 0 Å². The maximum atomic E-state index is 5.79. The predicted molar refractivity (Wildman–Crippen MR) is 171 cm³/mol. The summed E-state index contributed by atoms with van der Waals surface area (Å²) in [5.74, 6) is 0. The number of nitrogens with zero attached hydrogens (tertiary/aromatic N) is 1. The van der Waals surface area contributed by atoms with Gasteiger partial charge < -0.3 is 11.1 Å². The lowest BCUT2D eigenvalue weighted by Gasteiger charge is -2.25. The maximum Gasteiger partial charge on any atom is 0.145 e. The van der Waals surface area contributed by atoms with E-state index in [-0.39, 0.29) is 6.17 Å². The minimum Gasteiger partial charge on any atom is -0.360 e. The SMILES string of the molecule is C=C/C(=C\CN)c1cc(S)cc(C2=NC(c3ccccc3)NC(c3ccc(-c4ccccc4)cc3)=C2)c1.CC. The van der Waals surface area contributed by atoms with Crippen LogP contribution in [0.15, 0.2) is 138 Å². The lowest BCUT2D eigenvalue weighted by atomic mass is 9.97. The molecule has 0 bridgehead atoms. The van der Waals surface area contributed by atoms with E-state index in [0.717, 1.165) is 44.1 Å². The highest BCUT2D eigenvalue weighted by Gasteiger charge is 2.20. The second kappa shape index (κ2) is 13.6. The Bertz CT molecular complexity index is 1480. The van der Waals surface area contributed by atoms with Gasteiger partial charge in [0.2, 0.25) is 0 Å². The van der Waals surface area contributed by atoms with E-state index in [2.05, 4.69) is 90.8 Å². The molecule has 1 aliphatic rings. The third-order valence-corrected chi connectivity index (χ3v) is 6.62. The molecule has 0 fully saturated rings. The molecule has 0 saturated carbocycles. The Morgan fingerprint density at radius 2 is 1.46 bits per heavy atom. The number of allylic oxidation sites excluding steroid dienone is 3. The maximum absolute atomic E-state index is 5.79. The molecule has 0 radical (unpaired) electrons. The van der Waals surface area contributed by atoms with Crippen molar-refractivity contribution in [2.75, 3.05) is 6.54 Å². The number of hydrogen-bond acceptors (Lipinski definition) is 4. The summed E-state index contributed by atoms with van der Waals surface area (Å²) < 4.78 is 0. The number of nitrogens with one attached hydrogen (secondary N) is 1. The summed E-state index contributed by atoms with van der Waals surface area (Å²) >= 11 is 4.69. The van der Waals surface area contributed by atoms with Gasteiger partial charge in [-0.25, -0.2) is 0 Å². The van der Waals surface area contributed by atoms with Gasteiger partial charge in [0.1, 0.15) is 6.17 Å². The molecule has 5 rings (SSSR count). The van der Waals surface area contributed by atoms with Crippen molar-refractivity contribution >= 4 is 29.6 Å². The summed E-state index contributed by atoms with van der Waals surface area (Å²) in [6.07, 6.45) is 5.69. The molecular formula is C35H35N3S. The minimum atomic E-state index is -0.213. The molecule has 0 spiro atoms. The second-order valence-corrected chi connectivity index (χ2v) is 9.36. The summed E-state index contributed by atoms with van der Waals surface area (Å²) in [7, 11) is 0. The molecule has 3 N–H and O–H groups in total. The number of hydrogen-bond donors (Lipinski definition) is 3. The van der Waals surface area contributed by atoms with E-state index in [1.807, 2.05) is 56.3 Å². The van der Waals surface area contributed by atoms with Gasteiger partial charge in [-0.2, -0.15) is 0 Å². The van der Waals surface area contributed by atoms with Gasteiger partial charge in [-0.05, 0) is 57.7 Å². The summed E-state index contributed by atoms with van der Waals surface area (Å²) in [5, 5.41) is 3.64. The first-order valence-electron chi connectivity index (χ1n) is 13.3. The normalized spacial score (nSPS) is 14.8. The molecule has 3 nitrogen and oxygen atoms in total. The smallest absolute Gasteiger partial charge is 0.145 e. The van der Waals surface area contributed by atoms with Crippen molar-refractivity contribution in [3.63, 3.8) is 0 Å². The van der Waals surface area contributed by atoms with Crippen LogP contribution in [0.3, 0.4) is 0 Å². The molecule has 0 amide bonds. The highest BCUT2D eigenvalue weighted by Crippen LogP contribution is 2.30. The van der Waals surface area contributed by atoms with Gasteiger partial charge in [0.05, 0.1) is 5.71 Å². The van der Waals surface area contributed by atoms with Crippen molar-refractivity contribution in [1.29, 1.82) is 0 Å². The number of nitrogens with two attached hydrogens (primary N) is 1. The van der Waals surface area contributed by atoms with Crippen LogP contribution in [0.25, 0.3) is 22.4 Å². The Labute approximate surface area is 237 Å².